The van der Waals surface area contributed by atoms with Crippen molar-refractivity contribution in [3.8, 4) is 5.75 Å². The lowest BCUT2D eigenvalue weighted by molar-refractivity contribution is 0.249. The first-order valence-corrected chi connectivity index (χ1v) is 8.05. The molecule has 0 aliphatic carbocycles. The topological polar surface area (TPSA) is 87.7 Å². The van der Waals surface area contributed by atoms with Gasteiger partial charge in [0.1, 0.15) is 5.75 Å². The summed E-state index contributed by atoms with van der Waals surface area (Å²) in [6.07, 6.45) is 9.32. The zero-order valence-corrected chi connectivity index (χ0v) is 13.3. The first kappa shape index (κ1) is 18.0. The number of urea groups is 1. The molecule has 1 aromatic carbocycles. The van der Waals surface area contributed by atoms with Gasteiger partial charge in [0.2, 0.25) is 0 Å². The molecule has 2 amide bonds. The average molecular weight is 305 g/mol. The van der Waals surface area contributed by atoms with Gasteiger partial charge >= 0.3 is 6.03 Å². The molecule has 0 radical (unpaired) electrons. The second-order valence-electron chi connectivity index (χ2n) is 5.45. The van der Waals surface area contributed by atoms with Crippen LogP contribution in [0.2, 0.25) is 0 Å². The van der Waals surface area contributed by atoms with Gasteiger partial charge in [-0.05, 0) is 42.7 Å². The van der Waals surface area contributed by atoms with Crippen LogP contribution in [0.5, 0.6) is 5.75 Å². The number of carbonyl (C=O) groups is 1. The quantitative estimate of drug-likeness (QED) is 0.348. The van der Waals surface area contributed by atoms with E-state index in [9.17, 15) is 9.90 Å². The molecule has 4 N–H and O–H groups in total. The molecule has 0 unspecified atom stereocenters. The second-order valence-corrected chi connectivity index (χ2v) is 5.45. The molecule has 0 aliphatic heterocycles. The van der Waals surface area contributed by atoms with E-state index in [0.717, 1.165) is 30.5 Å². The van der Waals surface area contributed by atoms with Crippen LogP contribution in [-0.2, 0) is 0 Å². The van der Waals surface area contributed by atoms with Crippen molar-refractivity contribution in [2.45, 2.75) is 58.3 Å². The smallest absolute Gasteiger partial charge is 0.332 e. The molecule has 0 atom stereocenters. The molecule has 1 rings (SSSR count). The number of hydrogen-bond donors (Lipinski definition) is 3. The Kier molecular flexibility index (Phi) is 8.72. The predicted octanol–water partition coefficient (Wildman–Crippen LogP) is 3.91. The summed E-state index contributed by atoms with van der Waals surface area (Å²) in [7, 11) is 0. The second kappa shape index (κ2) is 10.7. The number of amides is 2. The molecular formula is C17H27N3O2. The van der Waals surface area contributed by atoms with E-state index < -0.39 is 6.03 Å². The van der Waals surface area contributed by atoms with Crippen LogP contribution in [0.3, 0.4) is 0 Å². The molecule has 0 saturated heterocycles. The third-order valence-electron chi connectivity index (χ3n) is 3.52. The molecule has 5 heteroatoms. The maximum Gasteiger partial charge on any atom is 0.332 e. The first-order valence-electron chi connectivity index (χ1n) is 8.05. The fourth-order valence-corrected chi connectivity index (χ4v) is 2.29. The number of primary amides is 1. The van der Waals surface area contributed by atoms with Gasteiger partial charge in [0, 0.05) is 0 Å². The SMILES string of the molecule is CCCCCCCCC/C(=N\NC(N)=O)c1ccc(O)cc1. The third kappa shape index (κ3) is 7.67. The van der Waals surface area contributed by atoms with Gasteiger partial charge in [0.05, 0.1) is 5.71 Å². The van der Waals surface area contributed by atoms with Crippen LogP contribution in [-0.4, -0.2) is 16.8 Å². The Morgan fingerprint density at radius 3 is 2.27 bits per heavy atom. The van der Waals surface area contributed by atoms with Gasteiger partial charge in [-0.25, -0.2) is 10.2 Å². The number of aromatic hydroxyl groups is 1. The lowest BCUT2D eigenvalue weighted by Gasteiger charge is -2.07. The highest BCUT2D eigenvalue weighted by Gasteiger charge is 2.05. The van der Waals surface area contributed by atoms with E-state index in [1.807, 2.05) is 0 Å². The molecule has 0 aliphatic rings. The summed E-state index contributed by atoms with van der Waals surface area (Å²) in [6.45, 7) is 2.21. The zero-order valence-electron chi connectivity index (χ0n) is 13.3. The number of carbonyl (C=O) groups excluding carboxylic acids is 1. The maximum absolute atomic E-state index is 10.8. The number of benzene rings is 1. The Hall–Kier alpha value is -2.04. The van der Waals surface area contributed by atoms with Crippen LogP contribution >= 0.6 is 0 Å². The normalized spacial score (nSPS) is 11.4. The van der Waals surface area contributed by atoms with Crippen molar-refractivity contribution in [1.82, 2.24) is 5.43 Å². The Balaban J connectivity index is 2.47. The van der Waals surface area contributed by atoms with Crippen LogP contribution in [0.4, 0.5) is 4.79 Å². The van der Waals surface area contributed by atoms with Gasteiger partial charge in [0.15, 0.2) is 0 Å². The molecule has 122 valence electrons. The highest BCUT2D eigenvalue weighted by Crippen LogP contribution is 2.15. The molecule has 0 bridgehead atoms. The molecule has 0 heterocycles. The van der Waals surface area contributed by atoms with E-state index in [-0.39, 0.29) is 5.75 Å². The van der Waals surface area contributed by atoms with E-state index in [1.54, 1.807) is 24.3 Å². The summed E-state index contributed by atoms with van der Waals surface area (Å²) in [5, 5.41) is 13.4. The van der Waals surface area contributed by atoms with Crippen molar-refractivity contribution < 1.29 is 9.90 Å². The van der Waals surface area contributed by atoms with E-state index in [1.165, 1.54) is 32.1 Å². The van der Waals surface area contributed by atoms with Crippen molar-refractivity contribution in [2.24, 2.45) is 10.8 Å². The molecular weight excluding hydrogens is 278 g/mol. The number of rotatable bonds is 10. The molecule has 0 aromatic heterocycles. The number of hydrazone groups is 1. The average Bonchev–Trinajstić information content (AvgIpc) is 2.50. The van der Waals surface area contributed by atoms with E-state index in [4.69, 9.17) is 5.73 Å². The third-order valence-corrected chi connectivity index (χ3v) is 3.52. The monoisotopic (exact) mass is 305 g/mol. The maximum atomic E-state index is 10.8. The summed E-state index contributed by atoms with van der Waals surface area (Å²) in [6, 6.07) is 6.13. The number of phenols is 1. The zero-order chi connectivity index (χ0) is 16.2. The Labute approximate surface area is 132 Å². The molecule has 0 fully saturated rings. The minimum atomic E-state index is -0.671. The summed E-state index contributed by atoms with van der Waals surface area (Å²) in [5.74, 6) is 0.210. The molecule has 0 spiro atoms. The van der Waals surface area contributed by atoms with Crippen LogP contribution in [0.25, 0.3) is 0 Å². The summed E-state index contributed by atoms with van der Waals surface area (Å²) < 4.78 is 0. The van der Waals surface area contributed by atoms with Crippen molar-refractivity contribution >= 4 is 11.7 Å². The van der Waals surface area contributed by atoms with Crippen molar-refractivity contribution in [1.29, 1.82) is 0 Å². The Morgan fingerprint density at radius 2 is 1.68 bits per heavy atom. The van der Waals surface area contributed by atoms with E-state index in [2.05, 4.69) is 17.5 Å². The van der Waals surface area contributed by atoms with Crippen LogP contribution in [0.15, 0.2) is 29.4 Å². The van der Waals surface area contributed by atoms with Crippen LogP contribution in [0, 0.1) is 0 Å². The first-order chi connectivity index (χ1) is 10.6. The van der Waals surface area contributed by atoms with Gasteiger partial charge in [-0.2, -0.15) is 5.10 Å². The Bertz CT molecular complexity index is 469. The summed E-state index contributed by atoms with van der Waals surface area (Å²) >= 11 is 0. The number of hydrogen-bond acceptors (Lipinski definition) is 3. The number of nitrogens with one attached hydrogen (secondary N) is 1. The lowest BCUT2D eigenvalue weighted by Crippen LogP contribution is -2.26. The van der Waals surface area contributed by atoms with Crippen LogP contribution in [0.1, 0.15) is 63.9 Å². The summed E-state index contributed by atoms with van der Waals surface area (Å²) in [5.41, 5.74) is 9.03. The van der Waals surface area contributed by atoms with Gasteiger partial charge in [-0.3, -0.25) is 0 Å². The fraction of sp³-hybridized carbons (Fsp3) is 0.529. The number of phenolic OH excluding ortho intramolecular Hbond substituents is 1. The van der Waals surface area contributed by atoms with E-state index in [0.29, 0.717) is 0 Å². The largest absolute Gasteiger partial charge is 0.508 e. The van der Waals surface area contributed by atoms with Crippen molar-refractivity contribution in [3.05, 3.63) is 29.8 Å². The minimum Gasteiger partial charge on any atom is -0.508 e. The molecule has 5 nitrogen and oxygen atoms in total. The molecule has 0 saturated carbocycles. The Morgan fingerprint density at radius 1 is 1.09 bits per heavy atom. The van der Waals surface area contributed by atoms with Gasteiger partial charge in [-0.15, -0.1) is 0 Å². The van der Waals surface area contributed by atoms with Crippen LogP contribution < -0.4 is 11.2 Å². The van der Waals surface area contributed by atoms with Crippen molar-refractivity contribution in [2.75, 3.05) is 0 Å². The highest BCUT2D eigenvalue weighted by molar-refractivity contribution is 6.01. The molecule has 22 heavy (non-hydrogen) atoms. The number of nitrogens with two attached hydrogens (primary N) is 1. The lowest BCUT2D eigenvalue weighted by atomic mass is 10.0. The highest BCUT2D eigenvalue weighted by atomic mass is 16.3. The van der Waals surface area contributed by atoms with E-state index >= 15 is 0 Å². The van der Waals surface area contributed by atoms with Crippen molar-refractivity contribution in [3.63, 3.8) is 0 Å². The summed E-state index contributed by atoms with van der Waals surface area (Å²) in [4.78, 5) is 10.8. The number of unbranched alkanes of at least 4 members (excludes halogenated alkanes) is 6. The predicted molar refractivity (Wildman–Crippen MR) is 90.0 cm³/mol. The van der Waals surface area contributed by atoms with Gasteiger partial charge < -0.3 is 10.8 Å². The molecule has 1 aromatic rings. The standard InChI is InChI=1S/C17H27N3O2/c1-2-3-4-5-6-7-8-9-16(19-20-17(18)22)14-10-12-15(21)13-11-14/h10-13,21H,2-9H2,1H3,(H3,18,20,22)/b19-16+. The minimum absolute atomic E-state index is 0.210. The number of nitrogens with zero attached hydrogens (tertiary/aromatic N) is 1. The van der Waals surface area contributed by atoms with Gasteiger partial charge in [0.25, 0.3) is 0 Å². The van der Waals surface area contributed by atoms with Gasteiger partial charge in [-0.1, -0.05) is 45.4 Å². The fourth-order valence-electron chi connectivity index (χ4n) is 2.29.